The SMILES string of the molecule is CN1CCC(C2(O)CNC2)CC1. The van der Waals surface area contributed by atoms with Gasteiger partial charge in [0.05, 0.1) is 5.60 Å². The minimum atomic E-state index is -0.360. The molecule has 0 aromatic carbocycles. The summed E-state index contributed by atoms with van der Waals surface area (Å²) in [4.78, 5) is 2.34. The summed E-state index contributed by atoms with van der Waals surface area (Å²) in [7, 11) is 2.15. The molecule has 2 N–H and O–H groups in total. The van der Waals surface area contributed by atoms with Gasteiger partial charge in [0, 0.05) is 13.1 Å². The van der Waals surface area contributed by atoms with E-state index < -0.39 is 0 Å². The van der Waals surface area contributed by atoms with Crippen LogP contribution in [-0.2, 0) is 0 Å². The highest BCUT2D eigenvalue weighted by molar-refractivity contribution is 4.99. The van der Waals surface area contributed by atoms with Crippen molar-refractivity contribution in [2.45, 2.75) is 18.4 Å². The molecular formula is C9H18N2O. The molecule has 0 aromatic rings. The Bertz CT molecular complexity index is 160. The van der Waals surface area contributed by atoms with Gasteiger partial charge in [-0.15, -0.1) is 0 Å². The zero-order chi connectivity index (χ0) is 8.60. The van der Waals surface area contributed by atoms with Gasteiger partial charge in [0.15, 0.2) is 0 Å². The van der Waals surface area contributed by atoms with Crippen LogP contribution in [0.2, 0.25) is 0 Å². The lowest BCUT2D eigenvalue weighted by molar-refractivity contribution is -0.0782. The summed E-state index contributed by atoms with van der Waals surface area (Å²) in [5.41, 5.74) is -0.360. The van der Waals surface area contributed by atoms with Crippen LogP contribution < -0.4 is 5.32 Å². The van der Waals surface area contributed by atoms with Crippen LogP contribution in [0.15, 0.2) is 0 Å². The first-order valence-corrected chi connectivity index (χ1v) is 4.82. The predicted octanol–water partition coefficient (Wildman–Crippen LogP) is -0.338. The Hall–Kier alpha value is -0.120. The fourth-order valence-electron chi connectivity index (χ4n) is 2.22. The van der Waals surface area contributed by atoms with Gasteiger partial charge in [-0.1, -0.05) is 0 Å². The molecule has 3 heteroatoms. The first-order chi connectivity index (χ1) is 5.71. The summed E-state index contributed by atoms with van der Waals surface area (Å²) in [5.74, 6) is 0.537. The maximum atomic E-state index is 10.0. The monoisotopic (exact) mass is 170 g/mol. The van der Waals surface area contributed by atoms with E-state index in [0.717, 1.165) is 39.0 Å². The number of hydrogen-bond acceptors (Lipinski definition) is 3. The van der Waals surface area contributed by atoms with Crippen LogP contribution in [0.5, 0.6) is 0 Å². The summed E-state index contributed by atoms with van der Waals surface area (Å²) >= 11 is 0. The molecule has 2 fully saturated rings. The third-order valence-electron chi connectivity index (χ3n) is 3.34. The lowest BCUT2D eigenvalue weighted by Gasteiger charge is -2.46. The maximum Gasteiger partial charge on any atom is 0.0923 e. The summed E-state index contributed by atoms with van der Waals surface area (Å²) in [6.07, 6.45) is 2.32. The van der Waals surface area contributed by atoms with Gasteiger partial charge in [-0.05, 0) is 38.9 Å². The molecule has 0 bridgehead atoms. The highest BCUT2D eigenvalue weighted by atomic mass is 16.3. The van der Waals surface area contributed by atoms with Crippen LogP contribution in [0, 0.1) is 5.92 Å². The summed E-state index contributed by atoms with van der Waals surface area (Å²) < 4.78 is 0. The van der Waals surface area contributed by atoms with Crippen molar-refractivity contribution in [1.82, 2.24) is 10.2 Å². The van der Waals surface area contributed by atoms with E-state index in [4.69, 9.17) is 0 Å². The Morgan fingerprint density at radius 2 is 1.92 bits per heavy atom. The minimum Gasteiger partial charge on any atom is -0.387 e. The molecule has 0 radical (unpaired) electrons. The number of piperidine rings is 1. The summed E-state index contributed by atoms with van der Waals surface area (Å²) in [6, 6.07) is 0. The highest BCUT2D eigenvalue weighted by Gasteiger charge is 2.42. The molecule has 0 aliphatic carbocycles. The number of nitrogens with one attached hydrogen (secondary N) is 1. The molecule has 2 saturated heterocycles. The van der Waals surface area contributed by atoms with Gasteiger partial charge in [-0.25, -0.2) is 0 Å². The van der Waals surface area contributed by atoms with Gasteiger partial charge in [0.25, 0.3) is 0 Å². The second-order valence-corrected chi connectivity index (χ2v) is 4.28. The van der Waals surface area contributed by atoms with Crippen LogP contribution >= 0.6 is 0 Å². The van der Waals surface area contributed by atoms with Gasteiger partial charge >= 0.3 is 0 Å². The molecule has 2 rings (SSSR count). The van der Waals surface area contributed by atoms with Crippen molar-refractivity contribution >= 4 is 0 Å². The van der Waals surface area contributed by atoms with Crippen LogP contribution in [-0.4, -0.2) is 48.8 Å². The minimum absolute atomic E-state index is 0.360. The van der Waals surface area contributed by atoms with Gasteiger partial charge < -0.3 is 15.3 Å². The van der Waals surface area contributed by atoms with Crippen molar-refractivity contribution in [3.8, 4) is 0 Å². The summed E-state index contributed by atoms with van der Waals surface area (Å²) in [6.45, 7) is 3.91. The van der Waals surface area contributed by atoms with Gasteiger partial charge in [0.1, 0.15) is 0 Å². The topological polar surface area (TPSA) is 35.5 Å². The number of β-amino-alcohol motifs (C(OH)–C–C–N with tert-alkyl or cyclic N) is 1. The van der Waals surface area contributed by atoms with E-state index in [1.807, 2.05) is 0 Å². The zero-order valence-corrected chi connectivity index (χ0v) is 7.71. The van der Waals surface area contributed by atoms with E-state index >= 15 is 0 Å². The third-order valence-corrected chi connectivity index (χ3v) is 3.34. The second-order valence-electron chi connectivity index (χ2n) is 4.28. The molecule has 12 heavy (non-hydrogen) atoms. The van der Waals surface area contributed by atoms with Crippen molar-refractivity contribution in [2.75, 3.05) is 33.2 Å². The number of rotatable bonds is 1. The predicted molar refractivity (Wildman–Crippen MR) is 48.0 cm³/mol. The molecule has 2 aliphatic heterocycles. The molecule has 0 atom stereocenters. The molecule has 0 amide bonds. The van der Waals surface area contributed by atoms with E-state index in [9.17, 15) is 5.11 Å². The lowest BCUT2D eigenvalue weighted by Crippen LogP contribution is -2.64. The molecule has 0 spiro atoms. The fraction of sp³-hybridized carbons (Fsp3) is 1.00. The number of likely N-dealkylation sites (tertiary alicyclic amines) is 1. The standard InChI is InChI=1S/C9H18N2O/c1-11-4-2-8(3-5-11)9(12)6-10-7-9/h8,10,12H,2-7H2,1H3. The van der Waals surface area contributed by atoms with Crippen LogP contribution in [0.25, 0.3) is 0 Å². The fourth-order valence-corrected chi connectivity index (χ4v) is 2.22. The first kappa shape index (κ1) is 8.48. The molecule has 0 saturated carbocycles. The van der Waals surface area contributed by atoms with E-state index in [-0.39, 0.29) is 5.60 Å². The maximum absolute atomic E-state index is 10.0. The second kappa shape index (κ2) is 2.98. The van der Waals surface area contributed by atoms with Crippen molar-refractivity contribution < 1.29 is 5.11 Å². The largest absolute Gasteiger partial charge is 0.387 e. The third kappa shape index (κ3) is 1.37. The van der Waals surface area contributed by atoms with Crippen molar-refractivity contribution in [2.24, 2.45) is 5.92 Å². The quantitative estimate of drug-likeness (QED) is 0.565. The molecule has 2 aliphatic rings. The lowest BCUT2D eigenvalue weighted by atomic mass is 9.77. The normalized spacial score (nSPS) is 31.5. The molecule has 70 valence electrons. The number of hydrogen-bond donors (Lipinski definition) is 2. The molecule has 0 aromatic heterocycles. The average molecular weight is 170 g/mol. The number of aliphatic hydroxyl groups is 1. The highest BCUT2D eigenvalue weighted by Crippen LogP contribution is 2.30. The van der Waals surface area contributed by atoms with Crippen molar-refractivity contribution in [1.29, 1.82) is 0 Å². The Balaban J connectivity index is 1.88. The van der Waals surface area contributed by atoms with E-state index in [0.29, 0.717) is 5.92 Å². The zero-order valence-electron chi connectivity index (χ0n) is 7.71. The smallest absolute Gasteiger partial charge is 0.0923 e. The first-order valence-electron chi connectivity index (χ1n) is 4.82. The van der Waals surface area contributed by atoms with Gasteiger partial charge in [0.2, 0.25) is 0 Å². The number of nitrogens with zero attached hydrogens (tertiary/aromatic N) is 1. The van der Waals surface area contributed by atoms with Gasteiger partial charge in [-0.2, -0.15) is 0 Å². The average Bonchev–Trinajstić information content (AvgIpc) is 2.02. The van der Waals surface area contributed by atoms with Gasteiger partial charge in [-0.3, -0.25) is 0 Å². The molecule has 0 unspecified atom stereocenters. The Kier molecular flexibility index (Phi) is 2.10. The molecule has 2 heterocycles. The Labute approximate surface area is 73.8 Å². The van der Waals surface area contributed by atoms with Crippen LogP contribution in [0.4, 0.5) is 0 Å². The van der Waals surface area contributed by atoms with E-state index in [2.05, 4.69) is 17.3 Å². The van der Waals surface area contributed by atoms with Crippen LogP contribution in [0.1, 0.15) is 12.8 Å². The summed E-state index contributed by atoms with van der Waals surface area (Å²) in [5, 5.41) is 13.2. The van der Waals surface area contributed by atoms with Crippen molar-refractivity contribution in [3.05, 3.63) is 0 Å². The molecular weight excluding hydrogens is 152 g/mol. The Morgan fingerprint density at radius 3 is 2.33 bits per heavy atom. The van der Waals surface area contributed by atoms with Crippen molar-refractivity contribution in [3.63, 3.8) is 0 Å². The van der Waals surface area contributed by atoms with E-state index in [1.54, 1.807) is 0 Å². The van der Waals surface area contributed by atoms with Crippen LogP contribution in [0.3, 0.4) is 0 Å². The van der Waals surface area contributed by atoms with E-state index in [1.165, 1.54) is 0 Å². The Morgan fingerprint density at radius 1 is 1.33 bits per heavy atom. The molecule has 3 nitrogen and oxygen atoms in total.